The van der Waals surface area contributed by atoms with Crippen LogP contribution in [0.25, 0.3) is 0 Å². The molecule has 0 aromatic rings. The van der Waals surface area contributed by atoms with Gasteiger partial charge in [0.1, 0.15) is 0 Å². The van der Waals surface area contributed by atoms with Gasteiger partial charge in [-0.2, -0.15) is 0 Å². The lowest BCUT2D eigenvalue weighted by Gasteiger charge is -2.16. The molecule has 0 atom stereocenters. The number of carbonyl (C=O) groups is 1. The minimum atomic E-state index is -0.302. The molecule has 0 aromatic heterocycles. The lowest BCUT2D eigenvalue weighted by molar-refractivity contribution is -0.128. The van der Waals surface area contributed by atoms with E-state index in [1.165, 1.54) is 11.1 Å². The number of nitrogens with one attached hydrogen (secondary N) is 1. The molecule has 17 heavy (non-hydrogen) atoms. The normalized spacial score (nSPS) is 12.2. The quantitative estimate of drug-likeness (QED) is 0.723. The second-order valence-corrected chi connectivity index (χ2v) is 5.83. The Kier molecular flexibility index (Phi) is 6.86. The van der Waals surface area contributed by atoms with Crippen LogP contribution >= 0.6 is 0 Å². The van der Waals surface area contributed by atoms with Crippen LogP contribution in [0.3, 0.4) is 0 Å². The minimum absolute atomic E-state index is 0.103. The van der Waals surface area contributed by atoms with Gasteiger partial charge in [-0.25, -0.2) is 0 Å². The molecule has 1 N–H and O–H groups in total. The molecule has 0 aliphatic heterocycles. The molecular weight excluding hydrogens is 210 g/mol. The van der Waals surface area contributed by atoms with Crippen molar-refractivity contribution < 1.29 is 4.79 Å². The molecule has 2 nitrogen and oxygen atoms in total. The average molecular weight is 237 g/mol. The average Bonchev–Trinajstić information content (AvgIpc) is 2.15. The highest BCUT2D eigenvalue weighted by Crippen LogP contribution is 2.12. The fourth-order valence-corrected chi connectivity index (χ4v) is 1.27. The van der Waals surface area contributed by atoms with Crippen LogP contribution in [-0.4, -0.2) is 12.5 Å². The first-order valence-corrected chi connectivity index (χ1v) is 6.31. The van der Waals surface area contributed by atoms with Crippen LogP contribution < -0.4 is 5.32 Å². The maximum atomic E-state index is 11.6. The molecule has 0 fully saturated rings. The second kappa shape index (κ2) is 7.31. The molecule has 98 valence electrons. The third-order valence-electron chi connectivity index (χ3n) is 2.49. The van der Waals surface area contributed by atoms with Crippen LogP contribution in [0.2, 0.25) is 0 Å². The number of hydrogen-bond donors (Lipinski definition) is 1. The molecular formula is C15H27NO. The standard InChI is InChI=1S/C15H27NO/c1-12(2)8-7-9-13(3)10-11-16-14(17)15(4,5)6/h8,10H,7,9,11H2,1-6H3,(H,16,17). The zero-order valence-electron chi connectivity index (χ0n) is 12.2. The van der Waals surface area contributed by atoms with E-state index in [1.807, 2.05) is 20.8 Å². The molecule has 0 heterocycles. The van der Waals surface area contributed by atoms with E-state index in [-0.39, 0.29) is 11.3 Å². The summed E-state index contributed by atoms with van der Waals surface area (Å²) in [5.74, 6) is 0.103. The number of allylic oxidation sites excluding steroid dienone is 3. The van der Waals surface area contributed by atoms with Crippen molar-refractivity contribution in [3.63, 3.8) is 0 Å². The summed E-state index contributed by atoms with van der Waals surface area (Å²) in [7, 11) is 0. The van der Waals surface area contributed by atoms with Gasteiger partial charge in [0.05, 0.1) is 0 Å². The van der Waals surface area contributed by atoms with Gasteiger partial charge >= 0.3 is 0 Å². The molecule has 0 unspecified atom stereocenters. The van der Waals surface area contributed by atoms with Crippen LogP contribution in [0.1, 0.15) is 54.4 Å². The summed E-state index contributed by atoms with van der Waals surface area (Å²) in [5.41, 5.74) is 2.39. The minimum Gasteiger partial charge on any atom is -0.352 e. The first-order valence-electron chi connectivity index (χ1n) is 6.31. The maximum absolute atomic E-state index is 11.6. The molecule has 0 aliphatic rings. The van der Waals surface area contributed by atoms with Gasteiger partial charge in [-0.15, -0.1) is 0 Å². The van der Waals surface area contributed by atoms with Gasteiger partial charge in [0.25, 0.3) is 0 Å². The van der Waals surface area contributed by atoms with Crippen molar-refractivity contribution in [2.24, 2.45) is 5.41 Å². The molecule has 0 aliphatic carbocycles. The van der Waals surface area contributed by atoms with E-state index in [2.05, 4.69) is 38.2 Å². The predicted octanol–water partition coefficient (Wildman–Crippen LogP) is 3.84. The van der Waals surface area contributed by atoms with Gasteiger partial charge in [-0.05, 0) is 33.6 Å². The summed E-state index contributed by atoms with van der Waals surface area (Å²) < 4.78 is 0. The molecule has 0 saturated carbocycles. The molecule has 0 aromatic carbocycles. The number of hydrogen-bond acceptors (Lipinski definition) is 1. The van der Waals surface area contributed by atoms with E-state index < -0.39 is 0 Å². The zero-order valence-corrected chi connectivity index (χ0v) is 12.2. The van der Waals surface area contributed by atoms with Gasteiger partial charge in [0.15, 0.2) is 0 Å². The van der Waals surface area contributed by atoms with Gasteiger partial charge in [-0.1, -0.05) is 44.1 Å². The fraction of sp³-hybridized carbons (Fsp3) is 0.667. The Morgan fingerprint density at radius 2 is 1.71 bits per heavy atom. The lowest BCUT2D eigenvalue weighted by atomic mass is 9.96. The van der Waals surface area contributed by atoms with E-state index in [9.17, 15) is 4.79 Å². The fourth-order valence-electron chi connectivity index (χ4n) is 1.27. The SMILES string of the molecule is CC(C)=CCCC(C)=CCNC(=O)C(C)(C)C. The van der Waals surface area contributed by atoms with Crippen LogP contribution in [0.15, 0.2) is 23.3 Å². The molecule has 0 radical (unpaired) electrons. The van der Waals surface area contributed by atoms with E-state index >= 15 is 0 Å². The Morgan fingerprint density at radius 3 is 2.18 bits per heavy atom. The summed E-state index contributed by atoms with van der Waals surface area (Å²) in [6.45, 7) is 12.7. The Labute approximate surface area is 106 Å². The third kappa shape index (κ3) is 8.73. The molecule has 0 bridgehead atoms. The highest BCUT2D eigenvalue weighted by molar-refractivity contribution is 5.81. The molecule has 1 amide bonds. The molecule has 0 spiro atoms. The summed E-state index contributed by atoms with van der Waals surface area (Å²) in [6, 6.07) is 0. The van der Waals surface area contributed by atoms with Crippen molar-refractivity contribution in [2.75, 3.05) is 6.54 Å². The third-order valence-corrected chi connectivity index (χ3v) is 2.49. The van der Waals surface area contributed by atoms with Crippen molar-refractivity contribution in [2.45, 2.75) is 54.4 Å². The highest BCUT2D eigenvalue weighted by atomic mass is 16.2. The zero-order chi connectivity index (χ0) is 13.5. The molecule has 0 saturated heterocycles. The Bertz CT molecular complexity index is 301. The van der Waals surface area contributed by atoms with Gasteiger partial charge < -0.3 is 5.32 Å². The monoisotopic (exact) mass is 237 g/mol. The number of rotatable bonds is 5. The summed E-state index contributed by atoms with van der Waals surface area (Å²) in [6.07, 6.45) is 6.49. The summed E-state index contributed by atoms with van der Waals surface area (Å²) >= 11 is 0. The molecule has 0 rings (SSSR count). The van der Waals surface area contributed by atoms with E-state index in [0.29, 0.717) is 6.54 Å². The largest absolute Gasteiger partial charge is 0.352 e. The van der Waals surface area contributed by atoms with Crippen molar-refractivity contribution in [3.8, 4) is 0 Å². The smallest absolute Gasteiger partial charge is 0.225 e. The first kappa shape index (κ1) is 16.0. The lowest BCUT2D eigenvalue weighted by Crippen LogP contribution is -2.34. The van der Waals surface area contributed by atoms with Crippen LogP contribution in [0.4, 0.5) is 0 Å². The van der Waals surface area contributed by atoms with Crippen LogP contribution in [0, 0.1) is 5.41 Å². The van der Waals surface area contributed by atoms with E-state index in [1.54, 1.807) is 0 Å². The highest BCUT2D eigenvalue weighted by Gasteiger charge is 2.19. The van der Waals surface area contributed by atoms with Crippen LogP contribution in [-0.2, 0) is 4.79 Å². The van der Waals surface area contributed by atoms with E-state index in [4.69, 9.17) is 0 Å². The van der Waals surface area contributed by atoms with Crippen molar-refractivity contribution >= 4 is 5.91 Å². The topological polar surface area (TPSA) is 29.1 Å². The summed E-state index contributed by atoms with van der Waals surface area (Å²) in [4.78, 5) is 11.6. The number of carbonyl (C=O) groups excluding carboxylic acids is 1. The Hall–Kier alpha value is -1.05. The number of amides is 1. The van der Waals surface area contributed by atoms with E-state index in [0.717, 1.165) is 12.8 Å². The van der Waals surface area contributed by atoms with Gasteiger partial charge in [0.2, 0.25) is 5.91 Å². The first-order chi connectivity index (χ1) is 7.73. The second-order valence-electron chi connectivity index (χ2n) is 5.83. The Balaban J connectivity index is 3.93. The van der Waals surface area contributed by atoms with Crippen LogP contribution in [0.5, 0.6) is 0 Å². The molecule has 2 heteroatoms. The van der Waals surface area contributed by atoms with Crippen molar-refractivity contribution in [1.82, 2.24) is 5.32 Å². The Morgan fingerprint density at radius 1 is 1.12 bits per heavy atom. The summed E-state index contributed by atoms with van der Waals surface area (Å²) in [5, 5.41) is 2.92. The van der Waals surface area contributed by atoms with Gasteiger partial charge in [-0.3, -0.25) is 4.79 Å². The van der Waals surface area contributed by atoms with Gasteiger partial charge in [0, 0.05) is 12.0 Å². The van der Waals surface area contributed by atoms with Crippen molar-refractivity contribution in [3.05, 3.63) is 23.3 Å². The van der Waals surface area contributed by atoms with Crippen molar-refractivity contribution in [1.29, 1.82) is 0 Å². The predicted molar refractivity (Wildman–Crippen MR) is 74.9 cm³/mol. The maximum Gasteiger partial charge on any atom is 0.225 e.